The number of nitrogens with two attached hydrogens (primary N) is 1. The Bertz CT molecular complexity index is 1050. The van der Waals surface area contributed by atoms with Gasteiger partial charge in [-0.1, -0.05) is 42.5 Å². The molecule has 0 saturated heterocycles. The van der Waals surface area contributed by atoms with Crippen LogP contribution in [-0.2, 0) is 11.3 Å². The maximum absolute atomic E-state index is 12.8. The van der Waals surface area contributed by atoms with Gasteiger partial charge in [0.15, 0.2) is 12.4 Å². The van der Waals surface area contributed by atoms with E-state index in [1.807, 2.05) is 41.9 Å². The monoisotopic (exact) mass is 391 g/mol. The first-order valence-corrected chi connectivity index (χ1v) is 9.36. The van der Waals surface area contributed by atoms with E-state index in [9.17, 15) is 9.59 Å². The number of carbonyl (C=O) groups is 2. The summed E-state index contributed by atoms with van der Waals surface area (Å²) in [5, 5.41) is 4.57. The topological polar surface area (TPSA) is 103 Å². The number of hydrogen-bond donors (Lipinski definition) is 1. The summed E-state index contributed by atoms with van der Waals surface area (Å²) in [5.41, 5.74) is 6.54. The molecule has 0 radical (unpaired) electrons. The number of carbonyl (C=O) groups excluding carboxylic acids is 2. The number of ether oxygens (including phenoxy) is 1. The highest BCUT2D eigenvalue weighted by molar-refractivity contribution is 5.95. The van der Waals surface area contributed by atoms with E-state index < -0.39 is 5.91 Å². The lowest BCUT2D eigenvalue weighted by atomic mass is 10.2. The van der Waals surface area contributed by atoms with Crippen LogP contribution in [0.4, 0.5) is 0 Å². The van der Waals surface area contributed by atoms with E-state index in [0.717, 1.165) is 11.4 Å². The summed E-state index contributed by atoms with van der Waals surface area (Å²) in [7, 11) is 0. The second-order valence-corrected chi connectivity index (χ2v) is 6.79. The van der Waals surface area contributed by atoms with Gasteiger partial charge in [0.2, 0.25) is 0 Å². The number of para-hydroxylation sites is 1. The predicted octanol–water partition coefficient (Wildman–Crippen LogP) is 2.03. The van der Waals surface area contributed by atoms with E-state index in [2.05, 4.69) is 10.1 Å². The van der Waals surface area contributed by atoms with Gasteiger partial charge in [-0.15, -0.1) is 0 Å². The summed E-state index contributed by atoms with van der Waals surface area (Å²) in [4.78, 5) is 30.6. The summed E-state index contributed by atoms with van der Waals surface area (Å²) in [5.74, 6) is 0.898. The molecule has 29 heavy (non-hydrogen) atoms. The number of primary amides is 1. The van der Waals surface area contributed by atoms with Crippen LogP contribution in [0.2, 0.25) is 0 Å². The van der Waals surface area contributed by atoms with E-state index in [0.29, 0.717) is 24.7 Å². The minimum Gasteiger partial charge on any atom is -0.483 e. The van der Waals surface area contributed by atoms with Crippen molar-refractivity contribution in [2.24, 2.45) is 5.73 Å². The molecular weight excluding hydrogens is 370 g/mol. The Morgan fingerprint density at radius 1 is 1.10 bits per heavy atom. The number of nitrogens with zero attached hydrogens (tertiary/aromatic N) is 4. The van der Waals surface area contributed by atoms with Gasteiger partial charge in [0, 0.05) is 12.1 Å². The fraction of sp³-hybridized carbons (Fsp3) is 0.238. The standard InChI is InChI=1S/C21H21N5O3/c1-14-21-23-20(15-7-3-2-4-8-15)24-26(21)12-11-25(14)18(27)13-29-17-10-6-5-9-16(17)19(22)28/h2-10,14H,11-13H2,1H3,(H2,22,28)/t14-/m0/s1. The third kappa shape index (κ3) is 3.69. The highest BCUT2D eigenvalue weighted by Crippen LogP contribution is 2.26. The number of rotatable bonds is 5. The molecule has 2 N–H and O–H groups in total. The molecule has 0 fully saturated rings. The minimum absolute atomic E-state index is 0.186. The van der Waals surface area contributed by atoms with Crippen molar-refractivity contribution < 1.29 is 14.3 Å². The molecule has 0 unspecified atom stereocenters. The zero-order valence-electron chi connectivity index (χ0n) is 16.0. The van der Waals surface area contributed by atoms with Crippen molar-refractivity contribution in [1.82, 2.24) is 19.7 Å². The Balaban J connectivity index is 1.48. The number of aromatic nitrogens is 3. The maximum atomic E-state index is 12.8. The number of fused-ring (bicyclic) bond motifs is 1. The molecule has 4 rings (SSSR count). The summed E-state index contributed by atoms with van der Waals surface area (Å²) in [6.07, 6.45) is 0. The predicted molar refractivity (Wildman–Crippen MR) is 106 cm³/mol. The number of hydrogen-bond acceptors (Lipinski definition) is 5. The van der Waals surface area contributed by atoms with Crippen molar-refractivity contribution in [2.45, 2.75) is 19.5 Å². The molecule has 8 heteroatoms. The van der Waals surface area contributed by atoms with Crippen LogP contribution >= 0.6 is 0 Å². The summed E-state index contributed by atoms with van der Waals surface area (Å²) >= 11 is 0. The van der Waals surface area contributed by atoms with E-state index in [1.54, 1.807) is 29.2 Å². The van der Waals surface area contributed by atoms with Crippen molar-refractivity contribution in [1.29, 1.82) is 0 Å². The number of benzene rings is 2. The molecule has 0 saturated carbocycles. The minimum atomic E-state index is -0.596. The molecule has 0 bridgehead atoms. The Morgan fingerprint density at radius 2 is 1.83 bits per heavy atom. The van der Waals surface area contributed by atoms with Crippen LogP contribution in [0.3, 0.4) is 0 Å². The fourth-order valence-corrected chi connectivity index (χ4v) is 3.43. The van der Waals surface area contributed by atoms with Gasteiger partial charge >= 0.3 is 0 Å². The first kappa shape index (κ1) is 18.7. The Morgan fingerprint density at radius 3 is 2.59 bits per heavy atom. The van der Waals surface area contributed by atoms with E-state index in [4.69, 9.17) is 10.5 Å². The largest absolute Gasteiger partial charge is 0.483 e. The average molecular weight is 391 g/mol. The average Bonchev–Trinajstić information content (AvgIpc) is 3.18. The molecular formula is C21H21N5O3. The smallest absolute Gasteiger partial charge is 0.261 e. The lowest BCUT2D eigenvalue weighted by Crippen LogP contribution is -2.43. The molecule has 2 aromatic carbocycles. The third-order valence-corrected chi connectivity index (χ3v) is 4.95. The highest BCUT2D eigenvalue weighted by atomic mass is 16.5. The van der Waals surface area contributed by atoms with Crippen LogP contribution in [0, 0.1) is 0 Å². The van der Waals surface area contributed by atoms with Gasteiger partial charge in [0.05, 0.1) is 18.2 Å². The highest BCUT2D eigenvalue weighted by Gasteiger charge is 2.31. The molecule has 0 spiro atoms. The Kier molecular flexibility index (Phi) is 4.99. The zero-order valence-corrected chi connectivity index (χ0v) is 16.0. The summed E-state index contributed by atoms with van der Waals surface area (Å²) in [6, 6.07) is 16.1. The van der Waals surface area contributed by atoms with Crippen LogP contribution in [0.25, 0.3) is 11.4 Å². The van der Waals surface area contributed by atoms with Gasteiger partial charge < -0.3 is 15.4 Å². The van der Waals surface area contributed by atoms with Crippen LogP contribution in [0.5, 0.6) is 5.75 Å². The van der Waals surface area contributed by atoms with Gasteiger partial charge in [-0.05, 0) is 19.1 Å². The van der Waals surface area contributed by atoms with Crippen LogP contribution in [0.1, 0.15) is 29.1 Å². The number of amides is 2. The van der Waals surface area contributed by atoms with Crippen molar-refractivity contribution >= 4 is 11.8 Å². The van der Waals surface area contributed by atoms with E-state index >= 15 is 0 Å². The Hall–Kier alpha value is -3.68. The first-order valence-electron chi connectivity index (χ1n) is 9.36. The van der Waals surface area contributed by atoms with Crippen LogP contribution in [0.15, 0.2) is 54.6 Å². The molecule has 148 valence electrons. The quantitative estimate of drug-likeness (QED) is 0.717. The second-order valence-electron chi connectivity index (χ2n) is 6.79. The Labute approximate surface area is 167 Å². The lowest BCUT2D eigenvalue weighted by Gasteiger charge is -2.32. The van der Waals surface area contributed by atoms with Crippen LogP contribution in [-0.4, -0.2) is 44.6 Å². The fourth-order valence-electron chi connectivity index (χ4n) is 3.43. The summed E-state index contributed by atoms with van der Waals surface area (Å²) < 4.78 is 7.44. The van der Waals surface area contributed by atoms with Crippen molar-refractivity contribution in [3.8, 4) is 17.1 Å². The zero-order chi connectivity index (χ0) is 20.4. The molecule has 1 aliphatic rings. The molecule has 1 aliphatic heterocycles. The van der Waals surface area contributed by atoms with Crippen molar-refractivity contribution in [3.05, 3.63) is 66.0 Å². The van der Waals surface area contributed by atoms with Gasteiger partial charge in [-0.25, -0.2) is 9.67 Å². The van der Waals surface area contributed by atoms with Gasteiger partial charge in [0.1, 0.15) is 11.6 Å². The maximum Gasteiger partial charge on any atom is 0.261 e. The first-order chi connectivity index (χ1) is 14.0. The molecule has 0 aliphatic carbocycles. The van der Waals surface area contributed by atoms with E-state index in [-0.39, 0.29) is 24.1 Å². The second kappa shape index (κ2) is 7.75. The molecule has 3 aromatic rings. The summed E-state index contributed by atoms with van der Waals surface area (Å²) in [6.45, 7) is 2.80. The molecule has 2 amide bonds. The SMILES string of the molecule is C[C@H]1c2nc(-c3ccccc3)nn2CCN1C(=O)COc1ccccc1C(N)=O. The van der Waals surface area contributed by atoms with E-state index in [1.165, 1.54) is 0 Å². The van der Waals surface area contributed by atoms with Crippen LogP contribution < -0.4 is 10.5 Å². The molecule has 2 heterocycles. The molecule has 8 nitrogen and oxygen atoms in total. The molecule has 1 aromatic heterocycles. The van der Waals surface area contributed by atoms with Gasteiger partial charge in [-0.3, -0.25) is 9.59 Å². The lowest BCUT2D eigenvalue weighted by molar-refractivity contribution is -0.136. The van der Waals surface area contributed by atoms with Crippen molar-refractivity contribution in [3.63, 3.8) is 0 Å². The van der Waals surface area contributed by atoms with Gasteiger partial charge in [-0.2, -0.15) is 5.10 Å². The third-order valence-electron chi connectivity index (χ3n) is 4.95. The normalized spacial score (nSPS) is 15.6. The molecule has 1 atom stereocenters. The van der Waals surface area contributed by atoms with Gasteiger partial charge in [0.25, 0.3) is 11.8 Å². The van der Waals surface area contributed by atoms with Crippen molar-refractivity contribution in [2.75, 3.05) is 13.2 Å².